The number of aliphatic hydroxyl groups is 2. The molecule has 3 N–H and O–H groups in total. The molecule has 0 aliphatic carbocycles. The van der Waals surface area contributed by atoms with E-state index in [1.54, 1.807) is 6.08 Å². The fourth-order valence-electron chi connectivity index (χ4n) is 5.17. The van der Waals surface area contributed by atoms with Crippen LogP contribution in [0.2, 0.25) is 0 Å². The van der Waals surface area contributed by atoms with E-state index < -0.39 is 12.1 Å². The SMILES string of the molecule is CC/C=C\C/C=C\C/C=C\C/C=C\CCCCCCCCCCCCCCCCCCC(=O)NC(CO)C(O)/C=C/CCC. The Labute approximate surface area is 273 Å². The predicted octanol–water partition coefficient (Wildman–Crippen LogP) is 11.0. The molecule has 0 saturated heterocycles. The predicted molar refractivity (Wildman–Crippen MR) is 193 cm³/mol. The van der Waals surface area contributed by atoms with Gasteiger partial charge in [-0.2, -0.15) is 0 Å². The molecular formula is C40H71NO3. The molecule has 4 nitrogen and oxygen atoms in total. The standard InChI is InChI=1S/C40H71NO3/c1-3-5-7-8-9-10-11-12-13-14-15-16-17-18-19-20-21-22-23-24-25-26-27-28-29-30-31-32-34-36-40(44)41-38(37-42)39(43)35-33-6-4-2/h5,7,9-10,12-13,15-16,33,35,38-39,42-43H,3-4,6,8,11,14,17-32,34,36-37H2,1-2H3,(H,41,44)/b7-5-,10-9-,13-12-,16-15-,35-33+. The highest BCUT2D eigenvalue weighted by molar-refractivity contribution is 5.76. The summed E-state index contributed by atoms with van der Waals surface area (Å²) in [4.78, 5) is 12.1. The molecule has 0 spiro atoms. The Kier molecular flexibility index (Phi) is 34.0. The summed E-state index contributed by atoms with van der Waals surface area (Å²) < 4.78 is 0. The maximum atomic E-state index is 12.1. The largest absolute Gasteiger partial charge is 0.394 e. The maximum Gasteiger partial charge on any atom is 0.220 e. The second-order valence-corrected chi connectivity index (χ2v) is 12.3. The van der Waals surface area contributed by atoms with E-state index in [-0.39, 0.29) is 12.5 Å². The highest BCUT2D eigenvalue weighted by Crippen LogP contribution is 2.14. The van der Waals surface area contributed by atoms with Crippen LogP contribution in [0.3, 0.4) is 0 Å². The molecule has 1 amide bonds. The Morgan fingerprint density at radius 2 is 1.00 bits per heavy atom. The van der Waals surface area contributed by atoms with Gasteiger partial charge in [-0.3, -0.25) is 4.79 Å². The smallest absolute Gasteiger partial charge is 0.220 e. The monoisotopic (exact) mass is 614 g/mol. The van der Waals surface area contributed by atoms with Gasteiger partial charge < -0.3 is 15.5 Å². The van der Waals surface area contributed by atoms with E-state index in [4.69, 9.17) is 0 Å². The third-order valence-corrected chi connectivity index (χ3v) is 7.99. The van der Waals surface area contributed by atoms with Crippen LogP contribution >= 0.6 is 0 Å². The molecule has 0 rings (SSSR count). The number of carbonyl (C=O) groups is 1. The summed E-state index contributed by atoms with van der Waals surface area (Å²) in [5.74, 6) is -0.0790. The van der Waals surface area contributed by atoms with Crippen molar-refractivity contribution in [3.05, 3.63) is 60.8 Å². The van der Waals surface area contributed by atoms with Crippen molar-refractivity contribution in [2.45, 2.75) is 180 Å². The number of allylic oxidation sites excluding steroid dienone is 9. The van der Waals surface area contributed by atoms with Crippen molar-refractivity contribution < 1.29 is 15.0 Å². The Morgan fingerprint density at radius 1 is 0.568 bits per heavy atom. The Morgan fingerprint density at radius 3 is 1.45 bits per heavy atom. The first-order chi connectivity index (χ1) is 21.7. The van der Waals surface area contributed by atoms with Crippen LogP contribution in [0.25, 0.3) is 0 Å². The lowest BCUT2D eigenvalue weighted by atomic mass is 10.0. The first-order valence-electron chi connectivity index (χ1n) is 18.5. The Hall–Kier alpha value is -1.91. The van der Waals surface area contributed by atoms with Gasteiger partial charge in [0.15, 0.2) is 0 Å². The number of nitrogens with one attached hydrogen (secondary N) is 1. The number of carbonyl (C=O) groups excluding carboxylic acids is 1. The summed E-state index contributed by atoms with van der Waals surface area (Å²) in [5, 5.41) is 22.3. The third kappa shape index (κ3) is 31.5. The minimum Gasteiger partial charge on any atom is -0.394 e. The molecule has 44 heavy (non-hydrogen) atoms. The van der Waals surface area contributed by atoms with Gasteiger partial charge >= 0.3 is 0 Å². The zero-order chi connectivity index (χ0) is 32.2. The van der Waals surface area contributed by atoms with E-state index in [1.807, 2.05) is 6.08 Å². The van der Waals surface area contributed by atoms with Crippen molar-refractivity contribution in [2.24, 2.45) is 0 Å². The fourth-order valence-corrected chi connectivity index (χ4v) is 5.17. The minimum atomic E-state index is -0.835. The van der Waals surface area contributed by atoms with Crippen LogP contribution in [0, 0.1) is 0 Å². The van der Waals surface area contributed by atoms with E-state index in [0.29, 0.717) is 6.42 Å². The average molecular weight is 614 g/mol. The topological polar surface area (TPSA) is 69.6 Å². The van der Waals surface area contributed by atoms with Crippen molar-refractivity contribution in [3.63, 3.8) is 0 Å². The molecule has 0 aromatic rings. The second-order valence-electron chi connectivity index (χ2n) is 12.3. The minimum absolute atomic E-state index is 0.0790. The molecule has 0 bridgehead atoms. The van der Waals surface area contributed by atoms with Crippen LogP contribution in [0.5, 0.6) is 0 Å². The molecule has 2 unspecified atom stereocenters. The number of aliphatic hydroxyl groups excluding tert-OH is 2. The van der Waals surface area contributed by atoms with Gasteiger partial charge in [-0.05, 0) is 51.4 Å². The van der Waals surface area contributed by atoms with Crippen molar-refractivity contribution in [1.82, 2.24) is 5.32 Å². The number of rotatable bonds is 32. The summed E-state index contributed by atoms with van der Waals surface area (Å²) in [5.41, 5.74) is 0. The zero-order valence-electron chi connectivity index (χ0n) is 28.9. The lowest BCUT2D eigenvalue weighted by Crippen LogP contribution is -2.45. The Balaban J connectivity index is 3.39. The number of amides is 1. The van der Waals surface area contributed by atoms with E-state index >= 15 is 0 Å². The van der Waals surface area contributed by atoms with Crippen molar-refractivity contribution in [1.29, 1.82) is 0 Å². The fraction of sp³-hybridized carbons (Fsp3) is 0.725. The lowest BCUT2D eigenvalue weighted by molar-refractivity contribution is -0.123. The van der Waals surface area contributed by atoms with Gasteiger partial charge in [0.25, 0.3) is 0 Å². The van der Waals surface area contributed by atoms with Crippen molar-refractivity contribution in [3.8, 4) is 0 Å². The van der Waals surface area contributed by atoms with E-state index in [0.717, 1.165) is 51.4 Å². The lowest BCUT2D eigenvalue weighted by Gasteiger charge is -2.19. The van der Waals surface area contributed by atoms with Crippen molar-refractivity contribution in [2.75, 3.05) is 6.61 Å². The van der Waals surface area contributed by atoms with Gasteiger partial charge in [0, 0.05) is 6.42 Å². The van der Waals surface area contributed by atoms with E-state index in [2.05, 4.69) is 67.8 Å². The van der Waals surface area contributed by atoms with E-state index in [9.17, 15) is 15.0 Å². The molecule has 2 atom stereocenters. The first-order valence-corrected chi connectivity index (χ1v) is 18.5. The van der Waals surface area contributed by atoms with Gasteiger partial charge in [0.05, 0.1) is 18.8 Å². The molecule has 0 aliphatic heterocycles. The van der Waals surface area contributed by atoms with Gasteiger partial charge in [-0.25, -0.2) is 0 Å². The molecule has 0 radical (unpaired) electrons. The summed E-state index contributed by atoms with van der Waals surface area (Å²) in [6.45, 7) is 3.99. The maximum absolute atomic E-state index is 12.1. The van der Waals surface area contributed by atoms with Gasteiger partial charge in [0.1, 0.15) is 0 Å². The normalized spacial score (nSPS) is 13.8. The summed E-state index contributed by atoms with van der Waals surface area (Å²) in [6, 6.07) is -0.618. The number of unbranched alkanes of at least 4 members (excludes halogenated alkanes) is 17. The molecule has 0 aromatic carbocycles. The average Bonchev–Trinajstić information content (AvgIpc) is 3.02. The highest BCUT2D eigenvalue weighted by Gasteiger charge is 2.17. The van der Waals surface area contributed by atoms with E-state index in [1.165, 1.54) is 96.3 Å². The van der Waals surface area contributed by atoms with Crippen LogP contribution in [0.1, 0.15) is 168 Å². The van der Waals surface area contributed by atoms with Crippen LogP contribution in [-0.4, -0.2) is 34.9 Å². The quantitative estimate of drug-likeness (QED) is 0.0522. The number of hydrogen-bond acceptors (Lipinski definition) is 3. The molecule has 254 valence electrons. The molecule has 0 aliphatic rings. The van der Waals surface area contributed by atoms with Gasteiger partial charge in [-0.1, -0.05) is 171 Å². The van der Waals surface area contributed by atoms with Gasteiger partial charge in [0.2, 0.25) is 5.91 Å². The van der Waals surface area contributed by atoms with Crippen LogP contribution in [0.15, 0.2) is 60.8 Å². The molecule has 0 saturated carbocycles. The second kappa shape index (κ2) is 35.6. The molecular weight excluding hydrogens is 542 g/mol. The summed E-state index contributed by atoms with van der Waals surface area (Å²) >= 11 is 0. The highest BCUT2D eigenvalue weighted by atomic mass is 16.3. The third-order valence-electron chi connectivity index (χ3n) is 7.99. The first kappa shape index (κ1) is 42.1. The Bertz CT molecular complexity index is 752. The van der Waals surface area contributed by atoms with Crippen LogP contribution in [0.4, 0.5) is 0 Å². The summed E-state index contributed by atoms with van der Waals surface area (Å²) in [7, 11) is 0. The molecule has 0 heterocycles. The van der Waals surface area contributed by atoms with Gasteiger partial charge in [-0.15, -0.1) is 0 Å². The summed E-state index contributed by atoms with van der Waals surface area (Å²) in [6.07, 6.45) is 49.6. The van der Waals surface area contributed by atoms with Crippen molar-refractivity contribution >= 4 is 5.91 Å². The number of hydrogen-bond donors (Lipinski definition) is 3. The van der Waals surface area contributed by atoms with Crippen LogP contribution in [-0.2, 0) is 4.79 Å². The van der Waals surface area contributed by atoms with Crippen LogP contribution < -0.4 is 5.32 Å². The molecule has 0 aromatic heterocycles. The zero-order valence-corrected chi connectivity index (χ0v) is 28.9. The molecule has 4 heteroatoms. The molecule has 0 fully saturated rings.